The van der Waals surface area contributed by atoms with Crippen LogP contribution >= 0.6 is 0 Å². The van der Waals surface area contributed by atoms with Crippen molar-refractivity contribution >= 4 is 5.97 Å². The lowest BCUT2D eigenvalue weighted by Gasteiger charge is -2.16. The lowest BCUT2D eigenvalue weighted by molar-refractivity contribution is -0.136. The normalized spacial score (nSPS) is 10.8. The minimum absolute atomic E-state index is 0.0980. The summed E-state index contributed by atoms with van der Waals surface area (Å²) in [6.07, 6.45) is 2.29. The van der Waals surface area contributed by atoms with Crippen molar-refractivity contribution in [2.75, 3.05) is 0 Å². The highest BCUT2D eigenvalue weighted by Crippen LogP contribution is 2.10. The van der Waals surface area contributed by atoms with E-state index in [-0.39, 0.29) is 6.42 Å². The highest BCUT2D eigenvalue weighted by molar-refractivity contribution is 5.70. The maximum absolute atomic E-state index is 10.8. The Labute approximate surface area is 103 Å². The number of aliphatic carboxylic acids is 1. The molecule has 2 N–H and O–H groups in total. The van der Waals surface area contributed by atoms with Gasteiger partial charge in [-0.25, -0.2) is 0 Å². The van der Waals surface area contributed by atoms with Crippen LogP contribution in [0.25, 0.3) is 0 Å². The number of carbonyl (C=O) groups is 1. The maximum Gasteiger partial charge on any atom is 0.307 e. The van der Waals surface area contributed by atoms with Crippen LogP contribution in [0.2, 0.25) is 0 Å². The molecule has 17 heavy (non-hydrogen) atoms. The van der Waals surface area contributed by atoms with Gasteiger partial charge in [0.2, 0.25) is 0 Å². The highest BCUT2D eigenvalue weighted by atomic mass is 16.4. The van der Waals surface area contributed by atoms with Crippen molar-refractivity contribution in [3.8, 4) is 0 Å². The standard InChI is InChI=1S/C14H21NO2/c1-3-13(4-2)15-10-12-8-6-5-7-11(12)9-14(16)17/h5-8,13,15H,3-4,9-10H2,1-2H3,(H,16,17). The predicted molar refractivity (Wildman–Crippen MR) is 69.0 cm³/mol. The minimum Gasteiger partial charge on any atom is -0.481 e. The minimum atomic E-state index is -0.778. The van der Waals surface area contributed by atoms with E-state index in [0.717, 1.165) is 30.5 Å². The van der Waals surface area contributed by atoms with Gasteiger partial charge in [-0.1, -0.05) is 38.1 Å². The van der Waals surface area contributed by atoms with Gasteiger partial charge in [0.05, 0.1) is 6.42 Å². The molecule has 0 aliphatic carbocycles. The molecule has 94 valence electrons. The topological polar surface area (TPSA) is 49.3 Å². The summed E-state index contributed by atoms with van der Waals surface area (Å²) in [6, 6.07) is 8.23. The summed E-state index contributed by atoms with van der Waals surface area (Å²) >= 11 is 0. The van der Waals surface area contributed by atoms with E-state index in [1.54, 1.807) is 0 Å². The lowest BCUT2D eigenvalue weighted by Crippen LogP contribution is -2.27. The van der Waals surface area contributed by atoms with E-state index in [1.165, 1.54) is 0 Å². The molecule has 0 aliphatic heterocycles. The molecular weight excluding hydrogens is 214 g/mol. The molecule has 3 nitrogen and oxygen atoms in total. The van der Waals surface area contributed by atoms with E-state index >= 15 is 0 Å². The van der Waals surface area contributed by atoms with Crippen LogP contribution in [0.3, 0.4) is 0 Å². The molecule has 1 aromatic rings. The third-order valence-electron chi connectivity index (χ3n) is 3.03. The van der Waals surface area contributed by atoms with Crippen LogP contribution in [0, 0.1) is 0 Å². The highest BCUT2D eigenvalue weighted by Gasteiger charge is 2.07. The van der Waals surface area contributed by atoms with Gasteiger partial charge in [-0.2, -0.15) is 0 Å². The quantitative estimate of drug-likeness (QED) is 0.763. The first-order valence-corrected chi connectivity index (χ1v) is 6.19. The molecule has 0 spiro atoms. The van der Waals surface area contributed by atoms with E-state index in [2.05, 4.69) is 19.2 Å². The average Bonchev–Trinajstić information content (AvgIpc) is 2.31. The molecule has 1 rings (SSSR count). The van der Waals surface area contributed by atoms with E-state index in [4.69, 9.17) is 5.11 Å². The smallest absolute Gasteiger partial charge is 0.307 e. The van der Waals surface area contributed by atoms with E-state index in [9.17, 15) is 4.79 Å². The van der Waals surface area contributed by atoms with Gasteiger partial charge >= 0.3 is 5.97 Å². The molecule has 0 bridgehead atoms. The summed E-state index contributed by atoms with van der Waals surface area (Å²) in [5.41, 5.74) is 1.99. The number of benzene rings is 1. The molecule has 3 heteroatoms. The van der Waals surface area contributed by atoms with Crippen LogP contribution in [-0.4, -0.2) is 17.1 Å². The number of hydrogen-bond donors (Lipinski definition) is 2. The molecular formula is C14H21NO2. The molecule has 0 saturated heterocycles. The lowest BCUT2D eigenvalue weighted by atomic mass is 10.0. The van der Waals surface area contributed by atoms with Crippen LogP contribution in [0.5, 0.6) is 0 Å². The van der Waals surface area contributed by atoms with Crippen molar-refractivity contribution in [1.29, 1.82) is 0 Å². The molecule has 0 heterocycles. The van der Waals surface area contributed by atoms with Crippen molar-refractivity contribution in [3.05, 3.63) is 35.4 Å². The monoisotopic (exact) mass is 235 g/mol. The van der Waals surface area contributed by atoms with Crippen LogP contribution < -0.4 is 5.32 Å². The number of rotatable bonds is 7. The van der Waals surface area contributed by atoms with Gasteiger partial charge in [-0.05, 0) is 24.0 Å². The fourth-order valence-electron chi connectivity index (χ4n) is 1.90. The van der Waals surface area contributed by atoms with Gasteiger partial charge in [0.1, 0.15) is 0 Å². The maximum atomic E-state index is 10.8. The van der Waals surface area contributed by atoms with Crippen LogP contribution in [0.4, 0.5) is 0 Å². The Morgan fingerprint density at radius 3 is 2.35 bits per heavy atom. The van der Waals surface area contributed by atoms with Crippen LogP contribution in [0.1, 0.15) is 37.8 Å². The second kappa shape index (κ2) is 7.07. The van der Waals surface area contributed by atoms with Crippen molar-refractivity contribution in [3.63, 3.8) is 0 Å². The zero-order valence-electron chi connectivity index (χ0n) is 10.6. The van der Waals surface area contributed by atoms with Gasteiger partial charge in [0.15, 0.2) is 0 Å². The Bertz CT molecular complexity index is 359. The summed E-state index contributed by atoms with van der Waals surface area (Å²) in [6.45, 7) is 5.06. The number of nitrogens with one attached hydrogen (secondary N) is 1. The van der Waals surface area contributed by atoms with Crippen LogP contribution in [-0.2, 0) is 17.8 Å². The third-order valence-corrected chi connectivity index (χ3v) is 3.03. The Balaban J connectivity index is 2.66. The molecule has 0 amide bonds. The zero-order valence-corrected chi connectivity index (χ0v) is 10.6. The van der Waals surface area contributed by atoms with Crippen LogP contribution in [0.15, 0.2) is 24.3 Å². The largest absolute Gasteiger partial charge is 0.481 e. The Morgan fingerprint density at radius 1 is 1.24 bits per heavy atom. The van der Waals surface area contributed by atoms with Crippen molar-refractivity contribution in [2.24, 2.45) is 0 Å². The molecule has 0 radical (unpaired) electrons. The Hall–Kier alpha value is -1.35. The van der Waals surface area contributed by atoms with E-state index in [0.29, 0.717) is 6.04 Å². The number of carboxylic acid groups (broad SMARTS) is 1. The summed E-state index contributed by atoms with van der Waals surface area (Å²) < 4.78 is 0. The third kappa shape index (κ3) is 4.57. The SMILES string of the molecule is CCC(CC)NCc1ccccc1CC(=O)O. The Kier molecular flexibility index (Phi) is 5.70. The number of hydrogen-bond acceptors (Lipinski definition) is 2. The fraction of sp³-hybridized carbons (Fsp3) is 0.500. The molecule has 0 unspecified atom stereocenters. The predicted octanol–water partition coefficient (Wildman–Crippen LogP) is 2.59. The van der Waals surface area contributed by atoms with E-state index < -0.39 is 5.97 Å². The number of carboxylic acids is 1. The first-order valence-electron chi connectivity index (χ1n) is 6.19. The first kappa shape index (κ1) is 13.7. The van der Waals surface area contributed by atoms with Crippen molar-refractivity contribution < 1.29 is 9.90 Å². The van der Waals surface area contributed by atoms with Gasteiger partial charge in [-0.15, -0.1) is 0 Å². The van der Waals surface area contributed by atoms with Gasteiger partial charge in [-0.3, -0.25) is 4.79 Å². The van der Waals surface area contributed by atoms with Gasteiger partial charge in [0, 0.05) is 12.6 Å². The van der Waals surface area contributed by atoms with Gasteiger partial charge < -0.3 is 10.4 Å². The molecule has 0 aliphatic rings. The van der Waals surface area contributed by atoms with Crippen molar-refractivity contribution in [2.45, 2.75) is 45.7 Å². The molecule has 1 aromatic carbocycles. The first-order chi connectivity index (χ1) is 8.17. The second-order valence-electron chi connectivity index (χ2n) is 4.23. The molecule has 0 saturated carbocycles. The summed E-state index contributed by atoms with van der Waals surface area (Å²) in [5.74, 6) is -0.778. The molecule has 0 fully saturated rings. The zero-order chi connectivity index (χ0) is 12.7. The molecule has 0 aromatic heterocycles. The van der Waals surface area contributed by atoms with E-state index in [1.807, 2.05) is 24.3 Å². The second-order valence-corrected chi connectivity index (χ2v) is 4.23. The summed E-state index contributed by atoms with van der Waals surface area (Å²) in [4.78, 5) is 10.8. The average molecular weight is 235 g/mol. The fourth-order valence-corrected chi connectivity index (χ4v) is 1.90. The molecule has 0 atom stereocenters. The van der Waals surface area contributed by atoms with Gasteiger partial charge in [0.25, 0.3) is 0 Å². The van der Waals surface area contributed by atoms with Crippen molar-refractivity contribution in [1.82, 2.24) is 5.32 Å². The summed E-state index contributed by atoms with van der Waals surface area (Å²) in [5, 5.41) is 12.3. The summed E-state index contributed by atoms with van der Waals surface area (Å²) in [7, 11) is 0. The Morgan fingerprint density at radius 2 is 1.82 bits per heavy atom.